The van der Waals surface area contributed by atoms with Crippen molar-refractivity contribution in [3.8, 4) is 0 Å². The third-order valence-corrected chi connectivity index (χ3v) is 2.34. The fourth-order valence-electron chi connectivity index (χ4n) is 1.44. The first-order valence-corrected chi connectivity index (χ1v) is 6.05. The number of rotatable bonds is 9. The molecule has 4 nitrogen and oxygen atoms in total. The third kappa shape index (κ3) is 14.0. The number of aliphatic hydroxyl groups excluding tert-OH is 1. The van der Waals surface area contributed by atoms with Gasteiger partial charge in [-0.3, -0.25) is 4.79 Å². The maximum atomic E-state index is 11.0. The van der Waals surface area contributed by atoms with Crippen LogP contribution in [0.15, 0.2) is 0 Å². The Balaban J connectivity index is 0. The molecular weight excluding hydrogens is 231 g/mol. The van der Waals surface area contributed by atoms with Gasteiger partial charge in [0, 0.05) is 6.42 Å². The van der Waals surface area contributed by atoms with Crippen molar-refractivity contribution < 1.29 is 19.4 Å². The van der Waals surface area contributed by atoms with Gasteiger partial charge >= 0.3 is 41.5 Å². The van der Waals surface area contributed by atoms with Crippen LogP contribution in [-0.2, 0) is 14.3 Å². The molecule has 0 aromatic carbocycles. The van der Waals surface area contributed by atoms with Crippen LogP contribution in [0.3, 0.4) is 0 Å². The Hall–Kier alpha value is 0.1000. The van der Waals surface area contributed by atoms with Crippen molar-refractivity contribution in [3.05, 3.63) is 0 Å². The molecule has 0 atom stereocenters. The number of unbranched alkanes of at least 4 members (excludes halogenated alkanes) is 6. The Labute approximate surface area is 125 Å². The summed E-state index contributed by atoms with van der Waals surface area (Å²) in [6.07, 6.45) is 8.10. The quantitative estimate of drug-likeness (QED) is 0.293. The van der Waals surface area contributed by atoms with E-state index in [9.17, 15) is 9.59 Å². The summed E-state index contributed by atoms with van der Waals surface area (Å²) in [4.78, 5) is 21.5. The van der Waals surface area contributed by atoms with Crippen molar-refractivity contribution in [2.24, 2.45) is 0 Å². The first kappa shape index (κ1) is 19.4. The molecule has 0 aromatic heterocycles. The molecule has 0 saturated carbocycles. The molecular formula is C12H23NaO4. The van der Waals surface area contributed by atoms with E-state index in [4.69, 9.17) is 5.11 Å². The third-order valence-electron chi connectivity index (χ3n) is 2.34. The van der Waals surface area contributed by atoms with E-state index in [-0.39, 0.29) is 36.0 Å². The molecule has 96 valence electrons. The number of hydrogen-bond acceptors (Lipinski definition) is 4. The minimum absolute atomic E-state index is 0. The zero-order valence-electron chi connectivity index (χ0n) is 10.0. The van der Waals surface area contributed by atoms with Gasteiger partial charge in [-0.25, -0.2) is 4.79 Å². The van der Waals surface area contributed by atoms with Gasteiger partial charge < -0.3 is 9.84 Å². The van der Waals surface area contributed by atoms with E-state index in [1.807, 2.05) is 0 Å². The fourth-order valence-corrected chi connectivity index (χ4v) is 1.44. The number of esters is 2. The van der Waals surface area contributed by atoms with Gasteiger partial charge in [-0.1, -0.05) is 45.4 Å². The van der Waals surface area contributed by atoms with Crippen LogP contribution in [0.4, 0.5) is 0 Å². The number of hydrogen-bond donors (Lipinski definition) is 1. The molecule has 17 heavy (non-hydrogen) atoms. The van der Waals surface area contributed by atoms with Crippen LogP contribution in [-0.4, -0.2) is 53.2 Å². The zero-order valence-corrected chi connectivity index (χ0v) is 10.0. The van der Waals surface area contributed by atoms with Gasteiger partial charge in [0.15, 0.2) is 0 Å². The maximum absolute atomic E-state index is 11.0. The summed E-state index contributed by atoms with van der Waals surface area (Å²) in [5, 5.41) is 8.35. The summed E-state index contributed by atoms with van der Waals surface area (Å²) in [5.41, 5.74) is 0. The SMILES string of the molecule is CCCCCCCCCC(=O)OC(=O)CO.[NaH]. The Morgan fingerprint density at radius 2 is 1.47 bits per heavy atom. The van der Waals surface area contributed by atoms with Gasteiger partial charge in [-0.15, -0.1) is 0 Å². The average Bonchev–Trinajstić information content (AvgIpc) is 2.27. The predicted octanol–water partition coefficient (Wildman–Crippen LogP) is 1.54. The molecule has 0 aliphatic heterocycles. The molecule has 0 radical (unpaired) electrons. The molecule has 0 saturated heterocycles. The standard InChI is InChI=1S/C12H22O4.Na.H/c1-2-3-4-5-6-7-8-9-11(14)16-12(15)10-13;;/h13H,2-10H2,1H3;;. The molecule has 0 aliphatic carbocycles. The molecule has 1 N–H and O–H groups in total. The molecule has 0 aromatic rings. The summed E-state index contributed by atoms with van der Waals surface area (Å²) in [5.74, 6) is -1.40. The van der Waals surface area contributed by atoms with Gasteiger partial charge in [0.25, 0.3) is 0 Å². The first-order valence-electron chi connectivity index (χ1n) is 6.05. The fraction of sp³-hybridized carbons (Fsp3) is 0.833. The minimum atomic E-state index is -0.868. The van der Waals surface area contributed by atoms with Gasteiger partial charge in [0.05, 0.1) is 0 Å². The summed E-state index contributed by atoms with van der Waals surface area (Å²) in [6, 6.07) is 0. The van der Waals surface area contributed by atoms with Crippen molar-refractivity contribution in [1.29, 1.82) is 0 Å². The van der Waals surface area contributed by atoms with Crippen LogP contribution < -0.4 is 0 Å². The molecule has 0 spiro atoms. The van der Waals surface area contributed by atoms with E-state index < -0.39 is 18.5 Å². The van der Waals surface area contributed by atoms with E-state index in [1.165, 1.54) is 25.7 Å². The Morgan fingerprint density at radius 1 is 0.941 bits per heavy atom. The van der Waals surface area contributed by atoms with Gasteiger partial charge in [0.1, 0.15) is 6.61 Å². The number of aliphatic hydroxyl groups is 1. The molecule has 0 rings (SSSR count). The van der Waals surface area contributed by atoms with Gasteiger partial charge in [-0.05, 0) is 6.42 Å². The van der Waals surface area contributed by atoms with E-state index in [0.29, 0.717) is 0 Å². The summed E-state index contributed by atoms with van der Waals surface area (Å²) in [7, 11) is 0. The number of carbonyl (C=O) groups is 2. The molecule has 0 heterocycles. The molecule has 0 fully saturated rings. The van der Waals surface area contributed by atoms with Crippen molar-refractivity contribution in [2.75, 3.05) is 6.61 Å². The molecule has 0 unspecified atom stereocenters. The van der Waals surface area contributed by atoms with Crippen LogP contribution in [0, 0.1) is 0 Å². The topological polar surface area (TPSA) is 63.6 Å². The van der Waals surface area contributed by atoms with E-state index in [1.54, 1.807) is 0 Å². The second-order valence-electron chi connectivity index (χ2n) is 3.88. The Bertz CT molecular complexity index is 207. The number of carbonyl (C=O) groups excluding carboxylic acids is 2. The van der Waals surface area contributed by atoms with Crippen molar-refractivity contribution in [1.82, 2.24) is 0 Å². The molecule has 0 bridgehead atoms. The molecule has 5 heteroatoms. The van der Waals surface area contributed by atoms with Crippen LogP contribution in [0.2, 0.25) is 0 Å². The van der Waals surface area contributed by atoms with Crippen LogP contribution >= 0.6 is 0 Å². The van der Waals surface area contributed by atoms with Crippen molar-refractivity contribution in [3.63, 3.8) is 0 Å². The van der Waals surface area contributed by atoms with Crippen LogP contribution in [0.1, 0.15) is 58.3 Å². The second kappa shape index (κ2) is 14.2. The van der Waals surface area contributed by atoms with Gasteiger partial charge in [-0.2, -0.15) is 0 Å². The van der Waals surface area contributed by atoms with Crippen LogP contribution in [0.5, 0.6) is 0 Å². The normalized spacial score (nSPS) is 9.53. The van der Waals surface area contributed by atoms with Gasteiger partial charge in [0.2, 0.25) is 0 Å². The molecule has 0 aliphatic rings. The summed E-state index contributed by atoms with van der Waals surface area (Å²) < 4.78 is 4.32. The number of ether oxygens (including phenoxy) is 1. The monoisotopic (exact) mass is 254 g/mol. The second-order valence-corrected chi connectivity index (χ2v) is 3.88. The van der Waals surface area contributed by atoms with E-state index in [0.717, 1.165) is 19.3 Å². The van der Waals surface area contributed by atoms with E-state index in [2.05, 4.69) is 11.7 Å². The Morgan fingerprint density at radius 3 is 2.00 bits per heavy atom. The average molecular weight is 254 g/mol. The predicted molar refractivity (Wildman–Crippen MR) is 67.9 cm³/mol. The molecule has 0 amide bonds. The van der Waals surface area contributed by atoms with Crippen molar-refractivity contribution in [2.45, 2.75) is 58.3 Å². The van der Waals surface area contributed by atoms with E-state index >= 15 is 0 Å². The zero-order chi connectivity index (χ0) is 12.2. The van der Waals surface area contributed by atoms with Crippen LogP contribution in [0.25, 0.3) is 0 Å². The Kier molecular flexibility index (Phi) is 16.2. The summed E-state index contributed by atoms with van der Waals surface area (Å²) >= 11 is 0. The summed E-state index contributed by atoms with van der Waals surface area (Å²) in [6.45, 7) is 1.44. The first-order chi connectivity index (χ1) is 7.70. The van der Waals surface area contributed by atoms with Crippen molar-refractivity contribution >= 4 is 41.5 Å².